The standard InChI is InChI=1S/C26H47N/c1-18-14-15-21-9-4-5-11-24(21)25(18)17-22-10-8-12-23(19(22)2)20(3)26-13-6-7-16-27-26/h18-27H,4-17H2,1-3H3. The van der Waals surface area contributed by atoms with Gasteiger partial charge in [0.2, 0.25) is 0 Å². The van der Waals surface area contributed by atoms with Crippen LogP contribution in [0.1, 0.15) is 104 Å². The summed E-state index contributed by atoms with van der Waals surface area (Å²) in [5, 5.41) is 3.88. The van der Waals surface area contributed by atoms with Crippen molar-refractivity contribution in [3.05, 3.63) is 0 Å². The van der Waals surface area contributed by atoms with Gasteiger partial charge in [0.25, 0.3) is 0 Å². The Hall–Kier alpha value is -0.0400. The third kappa shape index (κ3) is 4.44. The summed E-state index contributed by atoms with van der Waals surface area (Å²) in [7, 11) is 0. The van der Waals surface area contributed by atoms with E-state index in [0.29, 0.717) is 0 Å². The van der Waals surface area contributed by atoms with Crippen LogP contribution in [0.2, 0.25) is 0 Å². The third-order valence-electron chi connectivity index (χ3n) is 10.0. The summed E-state index contributed by atoms with van der Waals surface area (Å²) in [6, 6.07) is 0.807. The van der Waals surface area contributed by atoms with E-state index in [4.69, 9.17) is 0 Å². The van der Waals surface area contributed by atoms with Gasteiger partial charge in [-0.1, -0.05) is 65.7 Å². The lowest BCUT2D eigenvalue weighted by atomic mass is 9.57. The Bertz CT molecular complexity index is 453. The van der Waals surface area contributed by atoms with Crippen LogP contribution < -0.4 is 5.32 Å². The van der Waals surface area contributed by atoms with E-state index in [1.165, 1.54) is 64.3 Å². The zero-order chi connectivity index (χ0) is 18.8. The molecular formula is C26H47N. The molecule has 4 rings (SSSR count). The van der Waals surface area contributed by atoms with Crippen molar-refractivity contribution in [1.29, 1.82) is 0 Å². The van der Waals surface area contributed by atoms with Crippen molar-refractivity contribution in [3.8, 4) is 0 Å². The van der Waals surface area contributed by atoms with Crippen LogP contribution in [0, 0.1) is 47.3 Å². The molecular weight excluding hydrogens is 326 g/mol. The van der Waals surface area contributed by atoms with E-state index in [2.05, 4.69) is 26.1 Å². The summed E-state index contributed by atoms with van der Waals surface area (Å²) in [6.07, 6.45) is 19.6. The van der Waals surface area contributed by atoms with Crippen LogP contribution >= 0.6 is 0 Å². The SMILES string of the molecule is CC1CCC2CCCCC2C1CC1CCCC(C(C)C2CCCCN2)C1C. The fourth-order valence-electron chi connectivity index (χ4n) is 8.22. The maximum absolute atomic E-state index is 3.88. The topological polar surface area (TPSA) is 12.0 Å². The minimum absolute atomic E-state index is 0.807. The van der Waals surface area contributed by atoms with Gasteiger partial charge < -0.3 is 5.32 Å². The highest BCUT2D eigenvalue weighted by Crippen LogP contribution is 2.51. The molecule has 156 valence electrons. The first-order chi connectivity index (χ1) is 13.1. The molecule has 0 spiro atoms. The Morgan fingerprint density at radius 2 is 1.63 bits per heavy atom. The highest BCUT2D eigenvalue weighted by Gasteiger charge is 2.42. The summed E-state index contributed by atoms with van der Waals surface area (Å²) in [5.41, 5.74) is 0. The van der Waals surface area contributed by atoms with E-state index < -0.39 is 0 Å². The smallest absolute Gasteiger partial charge is 0.00954 e. The summed E-state index contributed by atoms with van der Waals surface area (Å²) < 4.78 is 0. The van der Waals surface area contributed by atoms with Gasteiger partial charge in [0.15, 0.2) is 0 Å². The highest BCUT2D eigenvalue weighted by molar-refractivity contribution is 4.93. The van der Waals surface area contributed by atoms with Crippen LogP contribution in [0.4, 0.5) is 0 Å². The van der Waals surface area contributed by atoms with Crippen molar-refractivity contribution in [1.82, 2.24) is 5.32 Å². The van der Waals surface area contributed by atoms with Crippen molar-refractivity contribution >= 4 is 0 Å². The number of fused-ring (bicyclic) bond motifs is 1. The molecule has 1 aliphatic heterocycles. The second-order valence-electron chi connectivity index (χ2n) is 11.3. The van der Waals surface area contributed by atoms with E-state index in [9.17, 15) is 0 Å². The van der Waals surface area contributed by atoms with Crippen LogP contribution in [-0.2, 0) is 0 Å². The molecule has 0 radical (unpaired) electrons. The Balaban J connectivity index is 1.40. The lowest BCUT2D eigenvalue weighted by Gasteiger charge is -2.49. The molecule has 0 amide bonds. The second kappa shape index (κ2) is 9.19. The summed E-state index contributed by atoms with van der Waals surface area (Å²) in [4.78, 5) is 0. The van der Waals surface area contributed by atoms with Crippen LogP contribution in [-0.4, -0.2) is 12.6 Å². The number of hydrogen-bond donors (Lipinski definition) is 1. The Morgan fingerprint density at radius 3 is 2.44 bits per heavy atom. The highest BCUT2D eigenvalue weighted by atomic mass is 14.9. The summed E-state index contributed by atoms with van der Waals surface area (Å²) >= 11 is 0. The molecule has 1 heteroatoms. The molecule has 4 aliphatic rings. The maximum atomic E-state index is 3.88. The van der Waals surface area contributed by atoms with Gasteiger partial charge in [0.05, 0.1) is 0 Å². The quantitative estimate of drug-likeness (QED) is 0.556. The predicted octanol–water partition coefficient (Wildman–Crippen LogP) is 7.06. The lowest BCUT2D eigenvalue weighted by Crippen LogP contribution is -2.45. The van der Waals surface area contributed by atoms with E-state index in [-0.39, 0.29) is 0 Å². The van der Waals surface area contributed by atoms with E-state index in [1.807, 2.05) is 0 Å². The normalized spacial score (nSPS) is 47.2. The fraction of sp³-hybridized carbons (Fsp3) is 1.00. The largest absolute Gasteiger partial charge is 0.314 e. The molecule has 0 aromatic carbocycles. The van der Waals surface area contributed by atoms with Crippen molar-refractivity contribution in [2.45, 2.75) is 110 Å². The fourth-order valence-corrected chi connectivity index (χ4v) is 8.22. The molecule has 0 aromatic rings. The van der Waals surface area contributed by atoms with Crippen molar-refractivity contribution in [2.75, 3.05) is 6.54 Å². The third-order valence-corrected chi connectivity index (χ3v) is 10.0. The van der Waals surface area contributed by atoms with Gasteiger partial charge in [-0.15, -0.1) is 0 Å². The average molecular weight is 374 g/mol. The van der Waals surface area contributed by atoms with Gasteiger partial charge >= 0.3 is 0 Å². The summed E-state index contributed by atoms with van der Waals surface area (Å²) in [6.45, 7) is 9.11. The van der Waals surface area contributed by atoms with Crippen LogP contribution in [0.25, 0.3) is 0 Å². The van der Waals surface area contributed by atoms with Crippen molar-refractivity contribution in [2.24, 2.45) is 47.3 Å². The second-order valence-corrected chi connectivity index (χ2v) is 11.3. The van der Waals surface area contributed by atoms with Gasteiger partial charge in [-0.2, -0.15) is 0 Å². The molecule has 1 nitrogen and oxygen atoms in total. The first kappa shape index (κ1) is 20.2. The molecule has 0 aromatic heterocycles. The molecule has 4 fully saturated rings. The maximum Gasteiger partial charge on any atom is 0.00954 e. The zero-order valence-corrected chi connectivity index (χ0v) is 18.6. The molecule has 27 heavy (non-hydrogen) atoms. The molecule has 3 saturated carbocycles. The molecule has 9 atom stereocenters. The Labute approximate surface area is 169 Å². The first-order valence-corrected chi connectivity index (χ1v) is 12.9. The monoisotopic (exact) mass is 373 g/mol. The lowest BCUT2D eigenvalue weighted by molar-refractivity contribution is 0.0157. The average Bonchev–Trinajstić information content (AvgIpc) is 2.71. The van der Waals surface area contributed by atoms with Gasteiger partial charge in [-0.25, -0.2) is 0 Å². The van der Waals surface area contributed by atoms with Gasteiger partial charge in [-0.05, 0) is 92.4 Å². The van der Waals surface area contributed by atoms with Crippen LogP contribution in [0.15, 0.2) is 0 Å². The minimum Gasteiger partial charge on any atom is -0.314 e. The van der Waals surface area contributed by atoms with Gasteiger partial charge in [0.1, 0.15) is 0 Å². The molecule has 1 heterocycles. The molecule has 1 N–H and O–H groups in total. The number of hydrogen-bond acceptors (Lipinski definition) is 1. The van der Waals surface area contributed by atoms with E-state index >= 15 is 0 Å². The number of rotatable bonds is 4. The molecule has 9 unspecified atom stereocenters. The van der Waals surface area contributed by atoms with Gasteiger partial charge in [-0.3, -0.25) is 0 Å². The Morgan fingerprint density at radius 1 is 0.815 bits per heavy atom. The predicted molar refractivity (Wildman–Crippen MR) is 117 cm³/mol. The molecule has 3 aliphatic carbocycles. The van der Waals surface area contributed by atoms with Crippen LogP contribution in [0.5, 0.6) is 0 Å². The minimum atomic E-state index is 0.807. The van der Waals surface area contributed by atoms with Crippen molar-refractivity contribution < 1.29 is 0 Å². The Kier molecular flexibility index (Phi) is 6.89. The first-order valence-electron chi connectivity index (χ1n) is 12.9. The van der Waals surface area contributed by atoms with E-state index in [0.717, 1.165) is 53.4 Å². The zero-order valence-electron chi connectivity index (χ0n) is 18.6. The van der Waals surface area contributed by atoms with Gasteiger partial charge in [0, 0.05) is 6.04 Å². The van der Waals surface area contributed by atoms with E-state index in [1.54, 1.807) is 25.7 Å². The number of nitrogens with one attached hydrogen (secondary N) is 1. The van der Waals surface area contributed by atoms with Crippen molar-refractivity contribution in [3.63, 3.8) is 0 Å². The van der Waals surface area contributed by atoms with Crippen LogP contribution in [0.3, 0.4) is 0 Å². The summed E-state index contributed by atoms with van der Waals surface area (Å²) in [5.74, 6) is 8.06. The molecule has 0 bridgehead atoms. The molecule has 1 saturated heterocycles. The number of piperidine rings is 1.